The van der Waals surface area contributed by atoms with Crippen molar-refractivity contribution in [1.29, 1.82) is 0 Å². The van der Waals surface area contributed by atoms with E-state index >= 15 is 0 Å². The summed E-state index contributed by atoms with van der Waals surface area (Å²) in [5, 5.41) is 15.4. The molecule has 0 aliphatic carbocycles. The molecule has 1 amide bonds. The molecular weight excluding hydrogens is 472 g/mol. The summed E-state index contributed by atoms with van der Waals surface area (Å²) in [5.41, 5.74) is 6.70. The van der Waals surface area contributed by atoms with E-state index in [4.69, 9.17) is 4.98 Å². The van der Waals surface area contributed by atoms with Crippen molar-refractivity contribution in [1.82, 2.24) is 35.1 Å². The molecule has 3 N–H and O–H groups in total. The number of thiophene rings is 1. The highest BCUT2D eigenvalue weighted by Crippen LogP contribution is 2.32. The smallest absolute Gasteiger partial charge is 0.229 e. The Kier molecular flexibility index (Phi) is 5.11. The van der Waals surface area contributed by atoms with E-state index in [1.165, 1.54) is 0 Å². The lowest BCUT2D eigenvalue weighted by atomic mass is 9.95. The second kappa shape index (κ2) is 8.35. The number of H-pyrrole nitrogens is 2. The zero-order chi connectivity index (χ0) is 24.9. The molecule has 6 aromatic heterocycles. The van der Waals surface area contributed by atoms with Gasteiger partial charge in [0.1, 0.15) is 11.2 Å². The average molecular weight is 495 g/mol. The van der Waals surface area contributed by atoms with Gasteiger partial charge < -0.3 is 10.3 Å². The topological polar surface area (TPSA) is 125 Å². The molecule has 0 saturated carbocycles. The quantitative estimate of drug-likeness (QED) is 0.290. The highest BCUT2D eigenvalue weighted by Gasteiger charge is 2.21. The number of aromatic nitrogens is 7. The fraction of sp³-hybridized carbons (Fsp3) is 0.154. The Morgan fingerprint density at radius 3 is 2.67 bits per heavy atom. The van der Waals surface area contributed by atoms with E-state index in [2.05, 4.69) is 46.9 Å². The van der Waals surface area contributed by atoms with Crippen molar-refractivity contribution in [3.05, 3.63) is 59.8 Å². The predicted molar refractivity (Wildman–Crippen MR) is 141 cm³/mol. The molecule has 178 valence electrons. The zero-order valence-electron chi connectivity index (χ0n) is 19.8. The maximum Gasteiger partial charge on any atom is 0.229 e. The van der Waals surface area contributed by atoms with Crippen LogP contribution in [0.1, 0.15) is 20.8 Å². The van der Waals surface area contributed by atoms with Gasteiger partial charge in [-0.25, -0.2) is 15.0 Å². The molecule has 36 heavy (non-hydrogen) atoms. The van der Waals surface area contributed by atoms with Gasteiger partial charge in [0, 0.05) is 40.7 Å². The van der Waals surface area contributed by atoms with Crippen LogP contribution in [-0.2, 0) is 4.79 Å². The van der Waals surface area contributed by atoms with Crippen molar-refractivity contribution in [3.8, 4) is 33.8 Å². The van der Waals surface area contributed by atoms with Gasteiger partial charge in [-0.05, 0) is 40.6 Å². The summed E-state index contributed by atoms with van der Waals surface area (Å²) >= 11 is 1.64. The number of pyridine rings is 3. The van der Waals surface area contributed by atoms with Gasteiger partial charge in [-0.1, -0.05) is 20.8 Å². The first-order valence-corrected chi connectivity index (χ1v) is 12.3. The fourth-order valence-electron chi connectivity index (χ4n) is 3.90. The summed E-state index contributed by atoms with van der Waals surface area (Å²) < 4.78 is 0. The van der Waals surface area contributed by atoms with Crippen LogP contribution < -0.4 is 5.32 Å². The number of rotatable bonds is 4. The molecule has 0 unspecified atom stereocenters. The summed E-state index contributed by atoms with van der Waals surface area (Å²) in [7, 11) is 0. The Morgan fingerprint density at radius 2 is 1.86 bits per heavy atom. The molecule has 9 nitrogen and oxygen atoms in total. The van der Waals surface area contributed by atoms with Gasteiger partial charge in [-0.3, -0.25) is 14.9 Å². The van der Waals surface area contributed by atoms with E-state index in [0.29, 0.717) is 28.5 Å². The number of carbonyl (C=O) groups is 1. The molecule has 0 bridgehead atoms. The van der Waals surface area contributed by atoms with Crippen LogP contribution in [0.15, 0.2) is 59.8 Å². The molecule has 0 aliphatic heterocycles. The SMILES string of the molecule is CC(C)(C)C(=O)Nc1cncc(-c2cnc3[nH]nc(-c4nc5c(-c6ccsc6)ccnc5[nH]4)c3c2)c1. The first kappa shape index (κ1) is 22.1. The van der Waals surface area contributed by atoms with Gasteiger partial charge in [-0.15, -0.1) is 0 Å². The van der Waals surface area contributed by atoms with Crippen LogP contribution >= 0.6 is 11.3 Å². The number of amides is 1. The van der Waals surface area contributed by atoms with E-state index in [1.807, 2.05) is 44.4 Å². The summed E-state index contributed by atoms with van der Waals surface area (Å²) in [6, 6.07) is 7.92. The van der Waals surface area contributed by atoms with Crippen molar-refractivity contribution >= 4 is 45.1 Å². The summed E-state index contributed by atoms with van der Waals surface area (Å²) in [6.45, 7) is 5.61. The molecule has 0 radical (unpaired) electrons. The van der Waals surface area contributed by atoms with Gasteiger partial charge in [0.15, 0.2) is 17.1 Å². The highest BCUT2D eigenvalue weighted by molar-refractivity contribution is 7.08. The molecule has 0 spiro atoms. The number of carbonyl (C=O) groups excluding carboxylic acids is 1. The Labute approximate surface area is 210 Å². The number of fused-ring (bicyclic) bond motifs is 2. The second-order valence-electron chi connectivity index (χ2n) is 9.51. The van der Waals surface area contributed by atoms with Crippen molar-refractivity contribution < 1.29 is 4.79 Å². The molecule has 6 aromatic rings. The van der Waals surface area contributed by atoms with Gasteiger partial charge in [0.25, 0.3) is 0 Å². The van der Waals surface area contributed by atoms with Crippen molar-refractivity contribution in [2.24, 2.45) is 5.41 Å². The molecule has 6 heterocycles. The number of nitrogens with zero attached hydrogens (tertiary/aromatic N) is 5. The molecule has 6 rings (SSSR count). The summed E-state index contributed by atoms with van der Waals surface area (Å²) in [6.07, 6.45) is 6.91. The number of imidazole rings is 1. The van der Waals surface area contributed by atoms with E-state index in [-0.39, 0.29) is 5.91 Å². The van der Waals surface area contributed by atoms with E-state index in [0.717, 1.165) is 33.2 Å². The third-order valence-electron chi connectivity index (χ3n) is 5.87. The Morgan fingerprint density at radius 1 is 1.00 bits per heavy atom. The maximum absolute atomic E-state index is 12.4. The number of anilines is 1. The number of aromatic amines is 2. The van der Waals surface area contributed by atoms with Crippen LogP contribution in [0.4, 0.5) is 5.69 Å². The normalized spacial score (nSPS) is 11.9. The van der Waals surface area contributed by atoms with Crippen LogP contribution in [0.5, 0.6) is 0 Å². The molecular formula is C26H22N8OS. The predicted octanol–water partition coefficient (Wildman–Crippen LogP) is 5.67. The number of hydrogen-bond acceptors (Lipinski definition) is 7. The number of nitrogens with one attached hydrogen (secondary N) is 3. The van der Waals surface area contributed by atoms with Crippen LogP contribution in [0.25, 0.3) is 56.0 Å². The average Bonchev–Trinajstić information content (AvgIpc) is 3.62. The third kappa shape index (κ3) is 3.91. The van der Waals surface area contributed by atoms with Crippen LogP contribution in [-0.4, -0.2) is 41.0 Å². The molecule has 0 aromatic carbocycles. The van der Waals surface area contributed by atoms with Gasteiger partial charge >= 0.3 is 0 Å². The van der Waals surface area contributed by atoms with Crippen molar-refractivity contribution in [3.63, 3.8) is 0 Å². The molecule has 0 aliphatic rings. The van der Waals surface area contributed by atoms with Crippen molar-refractivity contribution in [2.75, 3.05) is 5.32 Å². The lowest BCUT2D eigenvalue weighted by Gasteiger charge is -2.17. The standard InChI is InChI=1S/C26H22N8OS/c1-26(2,3)25(35)30-17-8-15(10-27-12-17)16-9-19-21(33-34-22(19)29-11-16)24-31-20-18(14-5-7-36-13-14)4-6-28-23(20)32-24/h4-13H,1-3H3,(H,30,35)(H,28,31,32)(H,29,33,34). The monoisotopic (exact) mass is 494 g/mol. The van der Waals surface area contributed by atoms with E-state index in [9.17, 15) is 4.79 Å². The van der Waals surface area contributed by atoms with Gasteiger partial charge in [0.05, 0.1) is 17.3 Å². The lowest BCUT2D eigenvalue weighted by Crippen LogP contribution is -2.27. The lowest BCUT2D eigenvalue weighted by molar-refractivity contribution is -0.123. The van der Waals surface area contributed by atoms with E-state index in [1.54, 1.807) is 36.1 Å². The van der Waals surface area contributed by atoms with Crippen LogP contribution in [0, 0.1) is 5.41 Å². The van der Waals surface area contributed by atoms with Crippen molar-refractivity contribution in [2.45, 2.75) is 20.8 Å². The van der Waals surface area contributed by atoms with Gasteiger partial charge in [0.2, 0.25) is 5.91 Å². The highest BCUT2D eigenvalue weighted by atomic mass is 32.1. The van der Waals surface area contributed by atoms with Gasteiger partial charge in [-0.2, -0.15) is 16.4 Å². The minimum Gasteiger partial charge on any atom is -0.324 e. The minimum atomic E-state index is -0.507. The number of hydrogen-bond donors (Lipinski definition) is 3. The maximum atomic E-state index is 12.4. The summed E-state index contributed by atoms with van der Waals surface area (Å²) in [5.74, 6) is 0.530. The fourth-order valence-corrected chi connectivity index (χ4v) is 4.56. The van der Waals surface area contributed by atoms with Crippen LogP contribution in [0.2, 0.25) is 0 Å². The Hall–Kier alpha value is -4.44. The largest absolute Gasteiger partial charge is 0.324 e. The second-order valence-corrected chi connectivity index (χ2v) is 10.3. The molecule has 0 fully saturated rings. The molecule has 0 atom stereocenters. The Bertz CT molecular complexity index is 1730. The van der Waals surface area contributed by atoms with Crippen LogP contribution in [0.3, 0.4) is 0 Å². The molecule has 0 saturated heterocycles. The first-order chi connectivity index (χ1) is 17.4. The first-order valence-electron chi connectivity index (χ1n) is 11.4. The Balaban J connectivity index is 1.40. The molecule has 10 heteroatoms. The third-order valence-corrected chi connectivity index (χ3v) is 6.55. The zero-order valence-corrected chi connectivity index (χ0v) is 20.6. The minimum absolute atomic E-state index is 0.0764. The summed E-state index contributed by atoms with van der Waals surface area (Å²) in [4.78, 5) is 33.9. The van der Waals surface area contributed by atoms with E-state index < -0.39 is 5.41 Å².